The summed E-state index contributed by atoms with van der Waals surface area (Å²) in [6, 6.07) is 2.59. The zero-order valence-electron chi connectivity index (χ0n) is 15.9. The van der Waals surface area contributed by atoms with E-state index in [9.17, 15) is 4.79 Å². The smallest absolute Gasteiger partial charge is 0.237 e. The Labute approximate surface area is 163 Å². The quantitative estimate of drug-likeness (QED) is 0.723. The minimum absolute atomic E-state index is 0.217. The molecule has 0 saturated carbocycles. The number of rotatable bonds is 7. The maximum Gasteiger partial charge on any atom is 0.237 e. The van der Waals surface area contributed by atoms with Crippen molar-refractivity contribution in [1.82, 2.24) is 14.8 Å². The molecule has 0 spiro atoms. The van der Waals surface area contributed by atoms with Crippen molar-refractivity contribution in [1.29, 1.82) is 0 Å². The molecule has 3 rings (SSSR count). The molecule has 0 aliphatic carbocycles. The van der Waals surface area contributed by atoms with E-state index in [0.29, 0.717) is 25.8 Å². The molecule has 5 nitrogen and oxygen atoms in total. The van der Waals surface area contributed by atoms with Gasteiger partial charge in [0.25, 0.3) is 0 Å². The first-order valence-electron chi connectivity index (χ1n) is 8.99. The molecule has 2 aromatic rings. The van der Waals surface area contributed by atoms with Gasteiger partial charge in [0.1, 0.15) is 0 Å². The van der Waals surface area contributed by atoms with Crippen LogP contribution in [-0.4, -0.2) is 46.9 Å². The summed E-state index contributed by atoms with van der Waals surface area (Å²) in [6.07, 6.45) is 0.947. The van der Waals surface area contributed by atoms with E-state index in [0.717, 1.165) is 30.2 Å². The Balaban J connectivity index is 1.52. The fourth-order valence-corrected chi connectivity index (χ4v) is 4.61. The van der Waals surface area contributed by atoms with Crippen molar-refractivity contribution in [3.05, 3.63) is 37.5 Å². The first-order chi connectivity index (χ1) is 12.4. The Morgan fingerprint density at radius 1 is 1.42 bits per heavy atom. The number of nitrogens with zero attached hydrogens (tertiary/aromatic N) is 3. The van der Waals surface area contributed by atoms with Gasteiger partial charge in [0.05, 0.1) is 30.5 Å². The second-order valence-electron chi connectivity index (χ2n) is 7.09. The number of thiazole rings is 1. The first kappa shape index (κ1) is 19.5. The van der Waals surface area contributed by atoms with Crippen LogP contribution in [0.5, 0.6) is 0 Å². The van der Waals surface area contributed by atoms with Crippen molar-refractivity contribution in [3.8, 4) is 0 Å². The van der Waals surface area contributed by atoms with E-state index in [1.807, 2.05) is 35.6 Å². The van der Waals surface area contributed by atoms with Crippen LogP contribution in [0.3, 0.4) is 0 Å². The first-order valence-corrected chi connectivity index (χ1v) is 10.7. The minimum Gasteiger partial charge on any atom is -0.370 e. The summed E-state index contributed by atoms with van der Waals surface area (Å²) in [4.78, 5) is 23.6. The van der Waals surface area contributed by atoms with Crippen LogP contribution >= 0.6 is 22.7 Å². The lowest BCUT2D eigenvalue weighted by molar-refractivity contribution is -0.133. The highest BCUT2D eigenvalue weighted by atomic mass is 32.1. The lowest BCUT2D eigenvalue weighted by atomic mass is 10.1. The lowest BCUT2D eigenvalue weighted by Gasteiger charge is -2.30. The van der Waals surface area contributed by atoms with Crippen LogP contribution in [0.15, 0.2) is 11.4 Å². The van der Waals surface area contributed by atoms with Crippen molar-refractivity contribution < 1.29 is 9.53 Å². The van der Waals surface area contributed by atoms with E-state index in [-0.39, 0.29) is 5.91 Å². The van der Waals surface area contributed by atoms with Gasteiger partial charge in [-0.3, -0.25) is 9.69 Å². The fraction of sp³-hybridized carbons (Fsp3) is 0.579. The lowest BCUT2D eigenvalue weighted by Crippen LogP contribution is -2.43. The monoisotopic (exact) mass is 393 g/mol. The summed E-state index contributed by atoms with van der Waals surface area (Å²) >= 11 is 3.47. The number of aromatic nitrogens is 1. The predicted molar refractivity (Wildman–Crippen MR) is 107 cm³/mol. The molecule has 26 heavy (non-hydrogen) atoms. The van der Waals surface area contributed by atoms with Gasteiger partial charge < -0.3 is 9.64 Å². The third-order valence-electron chi connectivity index (χ3n) is 4.70. The van der Waals surface area contributed by atoms with E-state index in [1.165, 1.54) is 15.3 Å². The molecule has 0 fully saturated rings. The molecule has 0 N–H and O–H groups in total. The Morgan fingerprint density at radius 2 is 2.23 bits per heavy atom. The van der Waals surface area contributed by atoms with Crippen LogP contribution < -0.4 is 0 Å². The van der Waals surface area contributed by atoms with E-state index in [1.54, 1.807) is 11.3 Å². The van der Waals surface area contributed by atoms with Gasteiger partial charge in [-0.15, -0.1) is 22.7 Å². The molecule has 0 bridgehead atoms. The Hall–Kier alpha value is -1.28. The van der Waals surface area contributed by atoms with Gasteiger partial charge >= 0.3 is 0 Å². The molecule has 0 unspecified atom stereocenters. The molecule has 0 radical (unpaired) electrons. The van der Waals surface area contributed by atoms with E-state index in [4.69, 9.17) is 4.74 Å². The second-order valence-corrected chi connectivity index (χ2v) is 9.37. The molecule has 7 heteroatoms. The molecule has 1 aliphatic heterocycles. The summed E-state index contributed by atoms with van der Waals surface area (Å²) in [5.74, 6) is 0.217. The minimum atomic E-state index is 0.217. The molecular formula is C19H27N3O2S2. The summed E-state index contributed by atoms with van der Waals surface area (Å²) in [7, 11) is 2.00. The normalized spacial score (nSPS) is 14.3. The highest BCUT2D eigenvalue weighted by Crippen LogP contribution is 2.29. The average molecular weight is 394 g/mol. The second kappa shape index (κ2) is 8.61. The fourth-order valence-electron chi connectivity index (χ4n) is 2.91. The van der Waals surface area contributed by atoms with Gasteiger partial charge in [-0.1, -0.05) is 0 Å². The molecule has 0 saturated heterocycles. The van der Waals surface area contributed by atoms with Crippen molar-refractivity contribution in [3.63, 3.8) is 0 Å². The maximum atomic E-state index is 12.5. The van der Waals surface area contributed by atoms with Crippen LogP contribution in [0.4, 0.5) is 0 Å². The number of aryl methyl sites for hydroxylation is 1. The predicted octanol–water partition coefficient (Wildman–Crippen LogP) is 3.45. The zero-order valence-corrected chi connectivity index (χ0v) is 17.6. The Morgan fingerprint density at radius 3 is 2.92 bits per heavy atom. The van der Waals surface area contributed by atoms with Gasteiger partial charge in [0.2, 0.25) is 5.91 Å². The summed E-state index contributed by atoms with van der Waals surface area (Å²) in [5.41, 5.74) is 2.28. The molecule has 0 atom stereocenters. The van der Waals surface area contributed by atoms with Gasteiger partial charge in [-0.2, -0.15) is 0 Å². The molecule has 142 valence electrons. The van der Waals surface area contributed by atoms with Crippen LogP contribution in [-0.2, 0) is 35.7 Å². The van der Waals surface area contributed by atoms with Crippen molar-refractivity contribution in [2.75, 3.05) is 20.1 Å². The third-order valence-corrected chi connectivity index (χ3v) is 6.73. The number of likely N-dealkylation sites (N-methyl/N-ethyl adjacent to an activating group) is 1. The number of amides is 1. The molecule has 2 aromatic heterocycles. The molecule has 1 amide bonds. The van der Waals surface area contributed by atoms with Gasteiger partial charge in [0.15, 0.2) is 0 Å². The third kappa shape index (κ3) is 4.91. The van der Waals surface area contributed by atoms with Gasteiger partial charge in [-0.25, -0.2) is 4.98 Å². The Bertz CT molecular complexity index is 754. The largest absolute Gasteiger partial charge is 0.370 e. The highest BCUT2D eigenvalue weighted by molar-refractivity contribution is 7.12. The molecule has 1 aliphatic rings. The number of hydrogen-bond acceptors (Lipinski definition) is 6. The number of thiophene rings is 1. The number of carbonyl (C=O) groups excluding carboxylic acids is 1. The van der Waals surface area contributed by atoms with Crippen molar-refractivity contribution in [2.24, 2.45) is 0 Å². The molecule has 3 heterocycles. The highest BCUT2D eigenvalue weighted by Gasteiger charge is 2.24. The van der Waals surface area contributed by atoms with Crippen LogP contribution in [0, 0.1) is 6.92 Å². The van der Waals surface area contributed by atoms with E-state index < -0.39 is 0 Å². The standard InChI is InChI=1S/C19H27N3O2S2/c1-13(2)21(4)9-19(23)22-6-5-18-15(8-22)7-17(26-18)11-24-10-16-12-25-14(3)20-16/h7,12-13H,5-6,8-11H2,1-4H3. The summed E-state index contributed by atoms with van der Waals surface area (Å²) < 4.78 is 5.82. The zero-order chi connectivity index (χ0) is 18.7. The number of hydrogen-bond donors (Lipinski definition) is 0. The summed E-state index contributed by atoms with van der Waals surface area (Å²) in [6.45, 7) is 9.42. The topological polar surface area (TPSA) is 45.7 Å². The number of ether oxygens (including phenoxy) is 1. The number of fused-ring (bicyclic) bond motifs is 1. The number of carbonyl (C=O) groups is 1. The van der Waals surface area contributed by atoms with Crippen molar-refractivity contribution >= 4 is 28.6 Å². The van der Waals surface area contributed by atoms with Gasteiger partial charge in [-0.05, 0) is 45.9 Å². The van der Waals surface area contributed by atoms with Crippen LogP contribution in [0.25, 0.3) is 0 Å². The van der Waals surface area contributed by atoms with Gasteiger partial charge in [0, 0.05) is 34.3 Å². The van der Waals surface area contributed by atoms with Crippen LogP contribution in [0.2, 0.25) is 0 Å². The van der Waals surface area contributed by atoms with Crippen molar-refractivity contribution in [2.45, 2.75) is 53.0 Å². The van der Waals surface area contributed by atoms with E-state index in [2.05, 4.69) is 29.8 Å². The molecule has 0 aromatic carbocycles. The maximum absolute atomic E-state index is 12.5. The SMILES string of the molecule is Cc1nc(COCc2cc3c(s2)CCN(C(=O)CN(C)C(C)C)C3)cs1. The average Bonchev–Trinajstić information content (AvgIpc) is 3.19. The molecular weight excluding hydrogens is 366 g/mol. The summed E-state index contributed by atoms with van der Waals surface area (Å²) in [5, 5.41) is 3.12. The van der Waals surface area contributed by atoms with E-state index >= 15 is 0 Å². The van der Waals surface area contributed by atoms with Crippen LogP contribution in [0.1, 0.15) is 39.9 Å². The Kier molecular flexibility index (Phi) is 6.45.